The van der Waals surface area contributed by atoms with E-state index in [0.717, 1.165) is 5.56 Å². The first kappa shape index (κ1) is 19.4. The Kier molecular flexibility index (Phi) is 6.29. The van der Waals surface area contributed by atoms with Crippen LogP contribution in [-0.2, 0) is 20.9 Å². The summed E-state index contributed by atoms with van der Waals surface area (Å²) in [6.07, 6.45) is 0. The molecule has 1 aliphatic heterocycles. The van der Waals surface area contributed by atoms with E-state index in [-0.39, 0.29) is 36.9 Å². The lowest BCUT2D eigenvalue weighted by molar-refractivity contribution is -0.136. The summed E-state index contributed by atoms with van der Waals surface area (Å²) >= 11 is 0. The minimum absolute atomic E-state index is 0.0958. The van der Waals surface area contributed by atoms with Gasteiger partial charge in [-0.1, -0.05) is 36.4 Å². The lowest BCUT2D eigenvalue weighted by Crippen LogP contribution is -2.31. The Balaban J connectivity index is 1.75. The molecule has 0 radical (unpaired) electrons. The molecule has 7 nitrogen and oxygen atoms in total. The molecule has 0 aliphatic carbocycles. The minimum Gasteiger partial charge on any atom is -0.489 e. The lowest BCUT2D eigenvalue weighted by Gasteiger charge is -2.15. The SMILES string of the molecule is COC(=O)C1=C(Nc2cccc(OCc3ccccc3)c2)C(=O)N(CCO)C1. The van der Waals surface area contributed by atoms with E-state index in [1.165, 1.54) is 12.0 Å². The highest BCUT2D eigenvalue weighted by atomic mass is 16.5. The van der Waals surface area contributed by atoms with Crippen LogP contribution in [0.4, 0.5) is 5.69 Å². The summed E-state index contributed by atoms with van der Waals surface area (Å²) in [4.78, 5) is 26.0. The van der Waals surface area contributed by atoms with Crippen molar-refractivity contribution in [1.29, 1.82) is 0 Å². The molecule has 1 heterocycles. The second-order valence-electron chi connectivity index (χ2n) is 6.22. The maximum Gasteiger partial charge on any atom is 0.337 e. The summed E-state index contributed by atoms with van der Waals surface area (Å²) in [5.74, 6) is -0.301. The Morgan fingerprint density at radius 3 is 2.68 bits per heavy atom. The van der Waals surface area contributed by atoms with E-state index in [0.29, 0.717) is 18.0 Å². The average molecular weight is 382 g/mol. The molecule has 1 aliphatic rings. The van der Waals surface area contributed by atoms with Crippen LogP contribution in [0.2, 0.25) is 0 Å². The zero-order chi connectivity index (χ0) is 19.9. The van der Waals surface area contributed by atoms with Gasteiger partial charge in [0.2, 0.25) is 0 Å². The van der Waals surface area contributed by atoms with Gasteiger partial charge in [-0.15, -0.1) is 0 Å². The predicted molar refractivity (Wildman–Crippen MR) is 104 cm³/mol. The van der Waals surface area contributed by atoms with E-state index in [9.17, 15) is 9.59 Å². The molecule has 1 amide bonds. The highest BCUT2D eigenvalue weighted by molar-refractivity contribution is 6.08. The van der Waals surface area contributed by atoms with Gasteiger partial charge in [-0.2, -0.15) is 0 Å². The zero-order valence-electron chi connectivity index (χ0n) is 15.6. The van der Waals surface area contributed by atoms with E-state index in [2.05, 4.69) is 5.32 Å². The number of aliphatic hydroxyl groups excluding tert-OH is 1. The first-order valence-electron chi connectivity index (χ1n) is 8.87. The Bertz CT molecular complexity index is 879. The molecule has 2 aromatic rings. The maximum atomic E-state index is 12.6. The Hall–Kier alpha value is -3.32. The standard InChI is InChI=1S/C21H22N2O5/c1-27-21(26)18-13-23(10-11-24)20(25)19(18)22-16-8-5-9-17(12-16)28-14-15-6-3-2-4-7-15/h2-9,12,22,24H,10-11,13-14H2,1H3. The fourth-order valence-electron chi connectivity index (χ4n) is 2.90. The van der Waals surface area contributed by atoms with Gasteiger partial charge in [-0.3, -0.25) is 4.79 Å². The second kappa shape index (κ2) is 9.05. The van der Waals surface area contributed by atoms with Crippen LogP contribution in [0.3, 0.4) is 0 Å². The van der Waals surface area contributed by atoms with Gasteiger partial charge in [0.15, 0.2) is 0 Å². The quantitative estimate of drug-likeness (QED) is 0.679. The number of β-amino-alcohol motifs (C(OH)–C–C–N with tert-alkyl or cyclic N) is 1. The molecule has 0 saturated carbocycles. The van der Waals surface area contributed by atoms with Gasteiger partial charge >= 0.3 is 5.97 Å². The van der Waals surface area contributed by atoms with E-state index < -0.39 is 5.97 Å². The van der Waals surface area contributed by atoms with E-state index >= 15 is 0 Å². The van der Waals surface area contributed by atoms with Gasteiger partial charge in [0, 0.05) is 18.3 Å². The molecule has 0 fully saturated rings. The molecule has 0 aromatic heterocycles. The first-order chi connectivity index (χ1) is 13.6. The number of benzene rings is 2. The molecular formula is C21H22N2O5. The monoisotopic (exact) mass is 382 g/mol. The summed E-state index contributed by atoms with van der Waals surface area (Å²) < 4.78 is 10.6. The molecule has 0 atom stereocenters. The van der Waals surface area contributed by atoms with Crippen LogP contribution in [0.25, 0.3) is 0 Å². The number of carbonyl (C=O) groups is 2. The maximum absolute atomic E-state index is 12.6. The number of carbonyl (C=O) groups excluding carboxylic acids is 2. The number of nitrogens with zero attached hydrogens (tertiary/aromatic N) is 1. The third-order valence-corrected chi connectivity index (χ3v) is 4.31. The van der Waals surface area contributed by atoms with Gasteiger partial charge in [0.05, 0.1) is 25.8 Å². The van der Waals surface area contributed by atoms with Crippen LogP contribution in [-0.4, -0.2) is 48.7 Å². The number of methoxy groups -OCH3 is 1. The van der Waals surface area contributed by atoms with Crippen LogP contribution in [0.5, 0.6) is 5.75 Å². The van der Waals surface area contributed by atoms with Gasteiger partial charge in [-0.25, -0.2) is 4.79 Å². The average Bonchev–Trinajstić information content (AvgIpc) is 3.03. The van der Waals surface area contributed by atoms with Crippen molar-refractivity contribution in [3.05, 3.63) is 71.4 Å². The molecule has 0 bridgehead atoms. The molecule has 0 unspecified atom stereocenters. The van der Waals surface area contributed by atoms with Crippen molar-refractivity contribution in [1.82, 2.24) is 4.90 Å². The molecule has 2 aromatic carbocycles. The van der Waals surface area contributed by atoms with Crippen LogP contribution in [0.1, 0.15) is 5.56 Å². The molecule has 28 heavy (non-hydrogen) atoms. The number of rotatable bonds is 8. The van der Waals surface area contributed by atoms with Gasteiger partial charge in [-0.05, 0) is 17.7 Å². The van der Waals surface area contributed by atoms with Crippen molar-refractivity contribution in [3.8, 4) is 5.75 Å². The smallest absolute Gasteiger partial charge is 0.337 e. The predicted octanol–water partition coefficient (Wildman–Crippen LogP) is 1.94. The summed E-state index contributed by atoms with van der Waals surface area (Å²) in [5.41, 5.74) is 2.04. The lowest BCUT2D eigenvalue weighted by atomic mass is 10.2. The van der Waals surface area contributed by atoms with Crippen molar-refractivity contribution in [2.24, 2.45) is 0 Å². The topological polar surface area (TPSA) is 88.1 Å². The third-order valence-electron chi connectivity index (χ3n) is 4.31. The first-order valence-corrected chi connectivity index (χ1v) is 8.87. The van der Waals surface area contributed by atoms with Crippen LogP contribution in [0, 0.1) is 0 Å². The minimum atomic E-state index is -0.576. The summed E-state index contributed by atoms with van der Waals surface area (Å²) in [5, 5.41) is 12.1. The van der Waals surface area contributed by atoms with Crippen molar-refractivity contribution in [2.45, 2.75) is 6.61 Å². The van der Waals surface area contributed by atoms with Crippen molar-refractivity contribution >= 4 is 17.6 Å². The number of esters is 1. The number of aliphatic hydroxyl groups is 1. The summed E-state index contributed by atoms with van der Waals surface area (Å²) in [6.45, 7) is 0.475. The number of anilines is 1. The van der Waals surface area contributed by atoms with Crippen molar-refractivity contribution < 1.29 is 24.2 Å². The normalized spacial score (nSPS) is 13.6. The Morgan fingerprint density at radius 1 is 1.18 bits per heavy atom. The third kappa shape index (κ3) is 4.50. The van der Waals surface area contributed by atoms with E-state index in [1.54, 1.807) is 18.2 Å². The molecule has 2 N–H and O–H groups in total. The molecule has 0 saturated heterocycles. The fraction of sp³-hybridized carbons (Fsp3) is 0.238. The van der Waals surface area contributed by atoms with Gasteiger partial charge < -0.3 is 24.8 Å². The molecule has 3 rings (SSSR count). The van der Waals surface area contributed by atoms with Crippen LogP contribution < -0.4 is 10.1 Å². The van der Waals surface area contributed by atoms with Crippen LogP contribution in [0.15, 0.2) is 65.9 Å². The highest BCUT2D eigenvalue weighted by Crippen LogP contribution is 2.25. The number of hydrogen-bond acceptors (Lipinski definition) is 6. The van der Waals surface area contributed by atoms with E-state index in [4.69, 9.17) is 14.6 Å². The van der Waals surface area contributed by atoms with Gasteiger partial charge in [0.1, 0.15) is 18.1 Å². The number of nitrogens with one attached hydrogen (secondary N) is 1. The molecule has 0 spiro atoms. The number of hydrogen-bond donors (Lipinski definition) is 2. The molecular weight excluding hydrogens is 360 g/mol. The fourth-order valence-corrected chi connectivity index (χ4v) is 2.90. The van der Waals surface area contributed by atoms with E-state index in [1.807, 2.05) is 36.4 Å². The Labute approximate surface area is 163 Å². The second-order valence-corrected chi connectivity index (χ2v) is 6.22. The molecule has 7 heteroatoms. The zero-order valence-corrected chi connectivity index (χ0v) is 15.6. The van der Waals surface area contributed by atoms with Crippen LogP contribution >= 0.6 is 0 Å². The molecule has 146 valence electrons. The van der Waals surface area contributed by atoms with Crippen molar-refractivity contribution in [3.63, 3.8) is 0 Å². The largest absolute Gasteiger partial charge is 0.489 e. The number of ether oxygens (including phenoxy) is 2. The highest BCUT2D eigenvalue weighted by Gasteiger charge is 2.34. The number of amides is 1. The van der Waals surface area contributed by atoms with Crippen molar-refractivity contribution in [2.75, 3.05) is 32.1 Å². The summed E-state index contributed by atoms with van der Waals surface area (Å²) in [6, 6.07) is 16.9. The van der Waals surface area contributed by atoms with Gasteiger partial charge in [0.25, 0.3) is 5.91 Å². The summed E-state index contributed by atoms with van der Waals surface area (Å²) in [7, 11) is 1.27. The Morgan fingerprint density at radius 2 is 1.96 bits per heavy atom.